The number of hydrogen-bond acceptors (Lipinski definition) is 3. The van der Waals surface area contributed by atoms with E-state index in [0.29, 0.717) is 6.42 Å². The molecule has 3 nitrogen and oxygen atoms in total. The third-order valence-electron chi connectivity index (χ3n) is 3.29. The second-order valence-corrected chi connectivity index (χ2v) is 4.56. The minimum atomic E-state index is -0.482. The zero-order chi connectivity index (χ0) is 11.1. The van der Waals surface area contributed by atoms with Crippen LogP contribution in [0.2, 0.25) is 0 Å². The highest BCUT2D eigenvalue weighted by molar-refractivity contribution is 4.86. The summed E-state index contributed by atoms with van der Waals surface area (Å²) in [6.07, 6.45) is 5.96. The fraction of sp³-hybridized carbons (Fsp3) is 0.917. The van der Waals surface area contributed by atoms with Crippen molar-refractivity contribution in [3.05, 3.63) is 0 Å². The van der Waals surface area contributed by atoms with Crippen molar-refractivity contribution in [1.82, 2.24) is 4.90 Å². The highest BCUT2D eigenvalue weighted by Crippen LogP contribution is 2.28. The van der Waals surface area contributed by atoms with E-state index in [2.05, 4.69) is 17.9 Å². The molecule has 0 aromatic heterocycles. The van der Waals surface area contributed by atoms with Gasteiger partial charge in [0.25, 0.3) is 0 Å². The van der Waals surface area contributed by atoms with E-state index in [0.717, 1.165) is 45.3 Å². The standard InChI is InChI=1S/C12H22N2O/c1-2-14(10-6-9-13)11-12(15)7-4-3-5-8-12/h15H,2-8,10-11H2,1H3. The zero-order valence-electron chi connectivity index (χ0n) is 9.71. The molecular weight excluding hydrogens is 188 g/mol. The Morgan fingerprint density at radius 1 is 1.33 bits per heavy atom. The van der Waals surface area contributed by atoms with Crippen LogP contribution in [0.3, 0.4) is 0 Å². The molecule has 1 aliphatic rings. The van der Waals surface area contributed by atoms with Gasteiger partial charge in [-0.3, -0.25) is 4.90 Å². The lowest BCUT2D eigenvalue weighted by molar-refractivity contribution is -0.0247. The molecule has 0 aromatic rings. The first-order valence-corrected chi connectivity index (χ1v) is 6.02. The van der Waals surface area contributed by atoms with E-state index >= 15 is 0 Å². The van der Waals surface area contributed by atoms with E-state index in [1.807, 2.05) is 0 Å². The molecular formula is C12H22N2O. The molecule has 0 amide bonds. The molecule has 0 atom stereocenters. The number of nitriles is 1. The summed E-state index contributed by atoms with van der Waals surface area (Å²) in [5.74, 6) is 0. The molecule has 0 saturated heterocycles. The van der Waals surface area contributed by atoms with Crippen molar-refractivity contribution in [1.29, 1.82) is 5.26 Å². The molecule has 1 N–H and O–H groups in total. The number of nitrogens with zero attached hydrogens (tertiary/aromatic N) is 2. The van der Waals surface area contributed by atoms with Crippen molar-refractivity contribution < 1.29 is 5.11 Å². The van der Waals surface area contributed by atoms with Crippen molar-refractivity contribution in [2.45, 2.75) is 51.0 Å². The Kier molecular flexibility index (Phi) is 5.07. The second kappa shape index (κ2) is 6.09. The molecule has 3 heteroatoms. The summed E-state index contributed by atoms with van der Waals surface area (Å²) in [4.78, 5) is 2.19. The van der Waals surface area contributed by atoms with Gasteiger partial charge in [-0.2, -0.15) is 5.26 Å². The van der Waals surface area contributed by atoms with Crippen LogP contribution in [0, 0.1) is 11.3 Å². The molecule has 0 bridgehead atoms. The van der Waals surface area contributed by atoms with Gasteiger partial charge in [-0.05, 0) is 19.4 Å². The minimum Gasteiger partial charge on any atom is -0.389 e. The quantitative estimate of drug-likeness (QED) is 0.754. The van der Waals surface area contributed by atoms with Gasteiger partial charge in [0.05, 0.1) is 11.7 Å². The molecule has 1 aliphatic carbocycles. The molecule has 1 saturated carbocycles. The van der Waals surface area contributed by atoms with Crippen LogP contribution < -0.4 is 0 Å². The summed E-state index contributed by atoms with van der Waals surface area (Å²) in [5.41, 5.74) is -0.482. The van der Waals surface area contributed by atoms with Crippen LogP contribution in [0.25, 0.3) is 0 Å². The predicted molar refractivity (Wildman–Crippen MR) is 60.4 cm³/mol. The first kappa shape index (κ1) is 12.5. The van der Waals surface area contributed by atoms with Gasteiger partial charge in [0, 0.05) is 19.5 Å². The van der Waals surface area contributed by atoms with Crippen LogP contribution in [-0.4, -0.2) is 35.2 Å². The molecule has 0 aliphatic heterocycles. The highest BCUT2D eigenvalue weighted by atomic mass is 16.3. The lowest BCUT2D eigenvalue weighted by Gasteiger charge is -2.36. The van der Waals surface area contributed by atoms with E-state index in [1.54, 1.807) is 0 Å². The Balaban J connectivity index is 2.38. The average molecular weight is 210 g/mol. The van der Waals surface area contributed by atoms with E-state index in [1.165, 1.54) is 6.42 Å². The van der Waals surface area contributed by atoms with E-state index in [9.17, 15) is 5.11 Å². The van der Waals surface area contributed by atoms with Gasteiger partial charge in [-0.1, -0.05) is 26.2 Å². The molecule has 0 spiro atoms. The van der Waals surface area contributed by atoms with Crippen LogP contribution in [0.15, 0.2) is 0 Å². The smallest absolute Gasteiger partial charge is 0.0774 e. The van der Waals surface area contributed by atoms with Crippen LogP contribution in [0.4, 0.5) is 0 Å². The fourth-order valence-corrected chi connectivity index (χ4v) is 2.34. The maximum absolute atomic E-state index is 10.3. The largest absolute Gasteiger partial charge is 0.389 e. The third-order valence-corrected chi connectivity index (χ3v) is 3.29. The number of rotatable bonds is 5. The minimum absolute atomic E-state index is 0.482. The first-order valence-electron chi connectivity index (χ1n) is 6.02. The number of likely N-dealkylation sites (N-methyl/N-ethyl adjacent to an activating group) is 1. The molecule has 15 heavy (non-hydrogen) atoms. The van der Waals surface area contributed by atoms with E-state index in [4.69, 9.17) is 5.26 Å². The summed E-state index contributed by atoms with van der Waals surface area (Å²) in [6.45, 7) is 4.54. The molecule has 0 heterocycles. The molecule has 1 fully saturated rings. The van der Waals surface area contributed by atoms with Crippen molar-refractivity contribution in [3.8, 4) is 6.07 Å². The Labute approximate surface area is 92.7 Å². The summed E-state index contributed by atoms with van der Waals surface area (Å²) in [7, 11) is 0. The first-order chi connectivity index (χ1) is 7.20. The molecule has 0 aromatic carbocycles. The van der Waals surface area contributed by atoms with Crippen molar-refractivity contribution >= 4 is 0 Å². The zero-order valence-corrected chi connectivity index (χ0v) is 9.71. The second-order valence-electron chi connectivity index (χ2n) is 4.56. The molecule has 0 radical (unpaired) electrons. The van der Waals surface area contributed by atoms with Crippen molar-refractivity contribution in [2.24, 2.45) is 0 Å². The van der Waals surface area contributed by atoms with E-state index < -0.39 is 5.60 Å². The van der Waals surface area contributed by atoms with E-state index in [-0.39, 0.29) is 0 Å². The predicted octanol–water partition coefficient (Wildman–Crippen LogP) is 1.92. The average Bonchev–Trinajstić information content (AvgIpc) is 2.25. The van der Waals surface area contributed by atoms with Gasteiger partial charge in [0.15, 0.2) is 0 Å². The normalized spacial score (nSPS) is 20.1. The molecule has 86 valence electrons. The Morgan fingerprint density at radius 3 is 2.53 bits per heavy atom. The highest BCUT2D eigenvalue weighted by Gasteiger charge is 2.30. The number of hydrogen-bond donors (Lipinski definition) is 1. The van der Waals surface area contributed by atoms with Gasteiger partial charge >= 0.3 is 0 Å². The van der Waals surface area contributed by atoms with Gasteiger partial charge < -0.3 is 5.11 Å². The molecule has 0 unspecified atom stereocenters. The van der Waals surface area contributed by atoms with Gasteiger partial charge in [0.2, 0.25) is 0 Å². The summed E-state index contributed by atoms with van der Waals surface area (Å²) in [5, 5.41) is 18.9. The lowest BCUT2D eigenvalue weighted by atomic mass is 9.84. The monoisotopic (exact) mass is 210 g/mol. The Morgan fingerprint density at radius 2 is 2.00 bits per heavy atom. The van der Waals surface area contributed by atoms with Crippen molar-refractivity contribution in [2.75, 3.05) is 19.6 Å². The maximum atomic E-state index is 10.3. The summed E-state index contributed by atoms with van der Waals surface area (Å²) in [6, 6.07) is 2.16. The topological polar surface area (TPSA) is 47.3 Å². The lowest BCUT2D eigenvalue weighted by Crippen LogP contribution is -2.44. The van der Waals surface area contributed by atoms with Crippen LogP contribution in [-0.2, 0) is 0 Å². The fourth-order valence-electron chi connectivity index (χ4n) is 2.34. The summed E-state index contributed by atoms with van der Waals surface area (Å²) < 4.78 is 0. The van der Waals surface area contributed by atoms with Crippen LogP contribution >= 0.6 is 0 Å². The third kappa shape index (κ3) is 4.19. The molecule has 1 rings (SSSR count). The Bertz CT molecular complexity index is 216. The summed E-state index contributed by atoms with van der Waals surface area (Å²) >= 11 is 0. The van der Waals surface area contributed by atoms with Gasteiger partial charge in [-0.15, -0.1) is 0 Å². The SMILES string of the molecule is CCN(CCC#N)CC1(O)CCCCC1. The number of aliphatic hydroxyl groups is 1. The van der Waals surface area contributed by atoms with Gasteiger partial charge in [-0.25, -0.2) is 0 Å². The maximum Gasteiger partial charge on any atom is 0.0774 e. The van der Waals surface area contributed by atoms with Gasteiger partial charge in [0.1, 0.15) is 0 Å². The van der Waals surface area contributed by atoms with Crippen LogP contribution in [0.5, 0.6) is 0 Å². The Hall–Kier alpha value is -0.590. The van der Waals surface area contributed by atoms with Crippen molar-refractivity contribution in [3.63, 3.8) is 0 Å². The van der Waals surface area contributed by atoms with Crippen LogP contribution in [0.1, 0.15) is 45.4 Å².